The number of carboxylic acids is 1. The summed E-state index contributed by atoms with van der Waals surface area (Å²) in [6.45, 7) is 6.94. The van der Waals surface area contributed by atoms with Crippen molar-refractivity contribution in [2.75, 3.05) is 7.11 Å². The summed E-state index contributed by atoms with van der Waals surface area (Å²) in [6, 6.07) is 13.6. The summed E-state index contributed by atoms with van der Waals surface area (Å²) in [6.07, 6.45) is 0.917. The van der Waals surface area contributed by atoms with Gasteiger partial charge in [-0.05, 0) is 35.6 Å². The Labute approximate surface area is 200 Å². The molecule has 2 atom stereocenters. The Hall–Kier alpha value is -3.39. The van der Waals surface area contributed by atoms with Crippen LogP contribution in [0.5, 0.6) is 5.75 Å². The molecule has 0 unspecified atom stereocenters. The quantitative estimate of drug-likeness (QED) is 0.582. The van der Waals surface area contributed by atoms with E-state index >= 15 is 0 Å². The highest BCUT2D eigenvalue weighted by Crippen LogP contribution is 2.39. The molecule has 2 aromatic rings. The van der Waals surface area contributed by atoms with Crippen LogP contribution < -0.4 is 10.1 Å². The summed E-state index contributed by atoms with van der Waals surface area (Å²) in [5.41, 5.74) is 3.05. The first-order valence-corrected chi connectivity index (χ1v) is 11.2. The molecular formula is C26H33NO7. The molecule has 0 heterocycles. The lowest BCUT2D eigenvalue weighted by atomic mass is 9.82. The smallest absolute Gasteiger partial charge is 0.341 e. The van der Waals surface area contributed by atoms with Gasteiger partial charge in [-0.1, -0.05) is 50.2 Å². The van der Waals surface area contributed by atoms with Gasteiger partial charge in [0.05, 0.1) is 7.11 Å². The van der Waals surface area contributed by atoms with Gasteiger partial charge in [0.15, 0.2) is 0 Å². The lowest BCUT2D eigenvalue weighted by Crippen LogP contribution is -2.43. The number of ether oxygens (including phenoxy) is 3. The second-order valence-corrected chi connectivity index (χ2v) is 8.29. The van der Waals surface area contributed by atoms with Crippen molar-refractivity contribution in [3.63, 3.8) is 0 Å². The molecule has 3 rings (SSSR count). The second-order valence-electron chi connectivity index (χ2n) is 8.29. The average Bonchev–Trinajstić information content (AvgIpc) is 2.78. The van der Waals surface area contributed by atoms with Gasteiger partial charge in [0, 0.05) is 25.9 Å². The fourth-order valence-corrected chi connectivity index (χ4v) is 3.95. The number of hydrogen-bond donors (Lipinski definition) is 2. The number of rotatable bonds is 7. The van der Waals surface area contributed by atoms with E-state index < -0.39 is 18.0 Å². The molecule has 184 valence electrons. The van der Waals surface area contributed by atoms with Crippen molar-refractivity contribution < 1.29 is 33.7 Å². The maximum atomic E-state index is 12.7. The molecule has 1 aliphatic rings. The Balaban J connectivity index is 0.000000945. The molecular weight excluding hydrogens is 438 g/mol. The summed E-state index contributed by atoms with van der Waals surface area (Å²) in [5, 5.41) is 10.9. The monoisotopic (exact) mass is 471 g/mol. The van der Waals surface area contributed by atoms with Gasteiger partial charge in [-0.25, -0.2) is 4.79 Å². The van der Waals surface area contributed by atoms with E-state index in [0.29, 0.717) is 24.3 Å². The van der Waals surface area contributed by atoms with Gasteiger partial charge in [0.1, 0.15) is 24.0 Å². The van der Waals surface area contributed by atoms with E-state index in [-0.39, 0.29) is 18.1 Å². The predicted molar refractivity (Wildman–Crippen MR) is 127 cm³/mol. The first-order valence-electron chi connectivity index (χ1n) is 11.2. The standard InChI is InChI=1S/C24H29NO5.C2H4O2/c1-15(2)25-20-12-10-18-19(23(20)30-16(3)26)11-13-21(22(18)24(27)28-4)29-14-17-8-6-5-7-9-17;1-2(3)4/h5-9,11,13,15,20,23,25H,10,12,14H2,1-4H3;1H3,(H,3,4)/t20-,23-;/m1./s1. The van der Waals surface area contributed by atoms with Crippen LogP contribution in [-0.2, 0) is 32.1 Å². The Kier molecular flexibility index (Phi) is 10.1. The van der Waals surface area contributed by atoms with Crippen LogP contribution in [0.4, 0.5) is 0 Å². The minimum absolute atomic E-state index is 0.0250. The van der Waals surface area contributed by atoms with Gasteiger partial charge in [0.2, 0.25) is 0 Å². The summed E-state index contributed by atoms with van der Waals surface area (Å²) >= 11 is 0. The Morgan fingerprint density at radius 3 is 2.29 bits per heavy atom. The Morgan fingerprint density at radius 1 is 1.09 bits per heavy atom. The van der Waals surface area contributed by atoms with Gasteiger partial charge >= 0.3 is 11.9 Å². The van der Waals surface area contributed by atoms with Crippen molar-refractivity contribution in [1.29, 1.82) is 0 Å². The van der Waals surface area contributed by atoms with Crippen LogP contribution in [0.15, 0.2) is 42.5 Å². The number of nitrogens with one attached hydrogen (secondary N) is 1. The van der Waals surface area contributed by atoms with Gasteiger partial charge in [-0.3, -0.25) is 9.59 Å². The molecule has 0 saturated carbocycles. The molecule has 34 heavy (non-hydrogen) atoms. The first kappa shape index (κ1) is 26.9. The Bertz CT molecular complexity index is 984. The SMILES string of the molecule is CC(=O)O.COC(=O)c1c(OCc2ccccc2)ccc2c1CC[C@@H](NC(C)C)[C@@H]2OC(C)=O. The lowest BCUT2D eigenvalue weighted by Gasteiger charge is -2.35. The number of carboxylic acid groups (broad SMARTS) is 1. The van der Waals surface area contributed by atoms with E-state index in [1.807, 2.05) is 36.4 Å². The van der Waals surface area contributed by atoms with Crippen LogP contribution in [0.25, 0.3) is 0 Å². The van der Waals surface area contributed by atoms with Crippen LogP contribution in [0.2, 0.25) is 0 Å². The molecule has 8 heteroatoms. The number of fused-ring (bicyclic) bond motifs is 1. The zero-order chi connectivity index (χ0) is 25.3. The van der Waals surface area contributed by atoms with Crippen molar-refractivity contribution in [2.24, 2.45) is 0 Å². The fourth-order valence-electron chi connectivity index (χ4n) is 3.95. The molecule has 8 nitrogen and oxygen atoms in total. The third-order valence-electron chi connectivity index (χ3n) is 5.16. The molecule has 2 aromatic carbocycles. The largest absolute Gasteiger partial charge is 0.488 e. The zero-order valence-corrected chi connectivity index (χ0v) is 20.3. The van der Waals surface area contributed by atoms with E-state index in [0.717, 1.165) is 30.0 Å². The van der Waals surface area contributed by atoms with Crippen LogP contribution >= 0.6 is 0 Å². The highest BCUT2D eigenvalue weighted by Gasteiger charge is 2.36. The van der Waals surface area contributed by atoms with Gasteiger partial charge in [-0.15, -0.1) is 0 Å². The van der Waals surface area contributed by atoms with Crippen LogP contribution in [-0.4, -0.2) is 42.2 Å². The molecule has 0 fully saturated rings. The number of esters is 2. The van der Waals surface area contributed by atoms with Crippen molar-refractivity contribution >= 4 is 17.9 Å². The van der Waals surface area contributed by atoms with E-state index in [9.17, 15) is 9.59 Å². The molecule has 0 aromatic heterocycles. The zero-order valence-electron chi connectivity index (χ0n) is 20.3. The molecule has 0 aliphatic heterocycles. The highest BCUT2D eigenvalue weighted by atomic mass is 16.5. The number of benzene rings is 2. The molecule has 0 spiro atoms. The summed E-state index contributed by atoms with van der Waals surface area (Å²) in [5.74, 6) is -1.17. The van der Waals surface area contributed by atoms with E-state index in [1.165, 1.54) is 14.0 Å². The maximum Gasteiger partial charge on any atom is 0.341 e. The number of carbonyl (C=O) groups excluding carboxylic acids is 2. The summed E-state index contributed by atoms with van der Waals surface area (Å²) in [4.78, 5) is 33.5. The Morgan fingerprint density at radius 2 is 1.74 bits per heavy atom. The minimum atomic E-state index is -0.833. The fraction of sp³-hybridized carbons (Fsp3) is 0.423. The van der Waals surface area contributed by atoms with E-state index in [1.54, 1.807) is 6.07 Å². The molecule has 0 radical (unpaired) electrons. The van der Waals surface area contributed by atoms with Crippen molar-refractivity contribution in [3.8, 4) is 5.75 Å². The number of aliphatic carboxylic acids is 1. The number of methoxy groups -OCH3 is 1. The third-order valence-corrected chi connectivity index (χ3v) is 5.16. The van der Waals surface area contributed by atoms with Crippen LogP contribution in [0.3, 0.4) is 0 Å². The molecule has 0 saturated heterocycles. The van der Waals surface area contributed by atoms with Gasteiger partial charge in [-0.2, -0.15) is 0 Å². The molecule has 1 aliphatic carbocycles. The maximum absolute atomic E-state index is 12.7. The normalized spacial score (nSPS) is 16.5. The third kappa shape index (κ3) is 7.59. The first-order chi connectivity index (χ1) is 16.1. The highest BCUT2D eigenvalue weighted by molar-refractivity contribution is 5.94. The molecule has 0 amide bonds. The lowest BCUT2D eigenvalue weighted by molar-refractivity contribution is -0.149. The number of hydrogen-bond acceptors (Lipinski definition) is 7. The van der Waals surface area contributed by atoms with Crippen molar-refractivity contribution in [3.05, 3.63) is 64.7 Å². The molecule has 2 N–H and O–H groups in total. The summed E-state index contributed by atoms with van der Waals surface area (Å²) < 4.78 is 16.7. The molecule has 0 bridgehead atoms. The second kappa shape index (κ2) is 12.7. The van der Waals surface area contributed by atoms with Crippen LogP contribution in [0, 0.1) is 0 Å². The van der Waals surface area contributed by atoms with E-state index in [2.05, 4.69) is 19.2 Å². The number of carbonyl (C=O) groups is 3. The van der Waals surface area contributed by atoms with E-state index in [4.69, 9.17) is 24.1 Å². The van der Waals surface area contributed by atoms with Crippen molar-refractivity contribution in [1.82, 2.24) is 5.32 Å². The van der Waals surface area contributed by atoms with Gasteiger partial charge < -0.3 is 24.6 Å². The topological polar surface area (TPSA) is 111 Å². The minimum Gasteiger partial charge on any atom is -0.488 e. The predicted octanol–water partition coefficient (Wildman–Crippen LogP) is 4.06. The summed E-state index contributed by atoms with van der Waals surface area (Å²) in [7, 11) is 1.36. The average molecular weight is 472 g/mol. The van der Waals surface area contributed by atoms with Gasteiger partial charge in [0.25, 0.3) is 5.97 Å². The van der Waals surface area contributed by atoms with Crippen LogP contribution in [0.1, 0.15) is 67.3 Å². The van der Waals surface area contributed by atoms with Crippen molar-refractivity contribution in [2.45, 2.75) is 65.3 Å².